The van der Waals surface area contributed by atoms with Crippen LogP contribution in [-0.4, -0.2) is 24.9 Å². The second-order valence-electron chi connectivity index (χ2n) is 4.42. The van der Waals surface area contributed by atoms with Crippen molar-refractivity contribution >= 4 is 27.7 Å². The van der Waals surface area contributed by atoms with Crippen LogP contribution in [0.3, 0.4) is 0 Å². The van der Waals surface area contributed by atoms with Gasteiger partial charge in [-0.25, -0.2) is 4.39 Å². The van der Waals surface area contributed by atoms with Crippen molar-refractivity contribution in [3.05, 3.63) is 34.1 Å². The summed E-state index contributed by atoms with van der Waals surface area (Å²) in [6.07, 6.45) is 1.50. The van der Waals surface area contributed by atoms with E-state index in [-0.39, 0.29) is 24.1 Å². The van der Waals surface area contributed by atoms with Gasteiger partial charge >= 0.3 is 0 Å². The Labute approximate surface area is 126 Å². The molecule has 0 saturated heterocycles. The van der Waals surface area contributed by atoms with E-state index < -0.39 is 0 Å². The molecule has 0 heterocycles. The number of hydrogen-bond donors (Lipinski definition) is 2. The largest absolute Gasteiger partial charge is 0.356 e. The molecule has 1 aromatic rings. The Balaban J connectivity index is 2.18. The molecule has 0 aromatic heterocycles. The lowest BCUT2D eigenvalue weighted by molar-refractivity contribution is -0.121. The van der Waals surface area contributed by atoms with E-state index in [1.165, 1.54) is 13.0 Å². The molecule has 2 amide bonds. The lowest BCUT2D eigenvalue weighted by Gasteiger charge is -2.06. The van der Waals surface area contributed by atoms with Gasteiger partial charge in [0.1, 0.15) is 5.82 Å². The van der Waals surface area contributed by atoms with Gasteiger partial charge in [0.25, 0.3) is 0 Å². The molecule has 20 heavy (non-hydrogen) atoms. The first-order valence-electron chi connectivity index (χ1n) is 6.44. The highest BCUT2D eigenvalue weighted by molar-refractivity contribution is 9.10. The van der Waals surface area contributed by atoms with Gasteiger partial charge in [-0.2, -0.15) is 0 Å². The quantitative estimate of drug-likeness (QED) is 0.744. The molecule has 0 aliphatic rings. The van der Waals surface area contributed by atoms with Gasteiger partial charge in [0, 0.05) is 30.9 Å². The lowest BCUT2D eigenvalue weighted by atomic mass is 10.1. The van der Waals surface area contributed by atoms with Crippen LogP contribution in [0.4, 0.5) is 4.39 Å². The molecule has 0 atom stereocenters. The number of halogens is 2. The van der Waals surface area contributed by atoms with Gasteiger partial charge in [0.05, 0.1) is 0 Å². The molecule has 0 aliphatic heterocycles. The van der Waals surface area contributed by atoms with Gasteiger partial charge in [-0.15, -0.1) is 0 Å². The summed E-state index contributed by atoms with van der Waals surface area (Å²) in [7, 11) is 0. The summed E-state index contributed by atoms with van der Waals surface area (Å²) in [6.45, 7) is 2.24. The summed E-state index contributed by atoms with van der Waals surface area (Å²) < 4.78 is 14.2. The van der Waals surface area contributed by atoms with Crippen LogP contribution >= 0.6 is 15.9 Å². The van der Waals surface area contributed by atoms with E-state index >= 15 is 0 Å². The molecular weight excluding hydrogens is 327 g/mol. The first-order valence-corrected chi connectivity index (χ1v) is 7.23. The van der Waals surface area contributed by atoms with Gasteiger partial charge in [0.15, 0.2) is 0 Å². The Morgan fingerprint density at radius 1 is 1.25 bits per heavy atom. The minimum absolute atomic E-state index is 0.116. The monoisotopic (exact) mass is 344 g/mol. The zero-order chi connectivity index (χ0) is 15.0. The topological polar surface area (TPSA) is 58.2 Å². The van der Waals surface area contributed by atoms with Gasteiger partial charge in [-0.1, -0.05) is 22.0 Å². The van der Waals surface area contributed by atoms with Crippen molar-refractivity contribution in [2.75, 3.05) is 13.1 Å². The fourth-order valence-corrected chi connectivity index (χ4v) is 2.00. The van der Waals surface area contributed by atoms with Crippen LogP contribution < -0.4 is 10.6 Å². The molecule has 1 aromatic carbocycles. The minimum Gasteiger partial charge on any atom is -0.356 e. The van der Waals surface area contributed by atoms with Crippen LogP contribution in [0, 0.1) is 5.82 Å². The number of rotatable bonds is 7. The number of carbonyl (C=O) groups is 2. The van der Waals surface area contributed by atoms with Crippen molar-refractivity contribution in [1.82, 2.24) is 10.6 Å². The van der Waals surface area contributed by atoms with Gasteiger partial charge < -0.3 is 10.6 Å². The van der Waals surface area contributed by atoms with Crippen LogP contribution in [0.15, 0.2) is 22.7 Å². The lowest BCUT2D eigenvalue weighted by Crippen LogP contribution is -2.30. The number of carbonyl (C=O) groups excluding carboxylic acids is 2. The summed E-state index contributed by atoms with van der Waals surface area (Å²) in [5.41, 5.74) is 0.640. The summed E-state index contributed by atoms with van der Waals surface area (Å²) in [5, 5.41) is 5.29. The van der Waals surface area contributed by atoms with Crippen LogP contribution in [0.2, 0.25) is 0 Å². The van der Waals surface area contributed by atoms with Gasteiger partial charge in [-0.05, 0) is 30.5 Å². The van der Waals surface area contributed by atoms with E-state index in [0.29, 0.717) is 36.0 Å². The first-order chi connectivity index (χ1) is 9.49. The molecule has 0 fully saturated rings. The van der Waals surface area contributed by atoms with Crippen molar-refractivity contribution in [2.24, 2.45) is 0 Å². The fourth-order valence-electron chi connectivity index (χ4n) is 1.67. The number of nitrogens with one attached hydrogen (secondary N) is 2. The zero-order valence-corrected chi connectivity index (χ0v) is 12.9. The molecule has 0 spiro atoms. The Hall–Kier alpha value is -1.43. The molecule has 110 valence electrons. The third kappa shape index (κ3) is 6.65. The SMILES string of the molecule is CC(=O)NCCC(=O)NCCCc1ccc(Br)cc1F. The van der Waals surface area contributed by atoms with Crippen molar-refractivity contribution in [3.63, 3.8) is 0 Å². The van der Waals surface area contributed by atoms with E-state index in [9.17, 15) is 14.0 Å². The average Bonchev–Trinajstić information content (AvgIpc) is 2.36. The Kier molecular flexibility index (Phi) is 7.22. The number of benzene rings is 1. The predicted octanol–water partition coefficient (Wildman–Crippen LogP) is 2.16. The van der Waals surface area contributed by atoms with E-state index in [0.717, 1.165) is 0 Å². The summed E-state index contributed by atoms with van der Waals surface area (Å²) >= 11 is 3.20. The Morgan fingerprint density at radius 3 is 2.65 bits per heavy atom. The Bertz CT molecular complexity index is 480. The minimum atomic E-state index is -0.239. The maximum atomic E-state index is 13.5. The zero-order valence-electron chi connectivity index (χ0n) is 11.3. The van der Waals surface area contributed by atoms with Crippen molar-refractivity contribution in [2.45, 2.75) is 26.2 Å². The van der Waals surface area contributed by atoms with Crippen LogP contribution in [-0.2, 0) is 16.0 Å². The number of amides is 2. The standard InChI is InChI=1S/C14H18BrFN2O2/c1-10(19)17-8-6-14(20)18-7-2-3-11-4-5-12(15)9-13(11)16/h4-5,9H,2-3,6-8H2,1H3,(H,17,19)(H,18,20). The van der Waals surface area contributed by atoms with Crippen molar-refractivity contribution in [1.29, 1.82) is 0 Å². The van der Waals surface area contributed by atoms with E-state index in [2.05, 4.69) is 26.6 Å². The van der Waals surface area contributed by atoms with Crippen molar-refractivity contribution in [3.8, 4) is 0 Å². The molecule has 6 heteroatoms. The maximum Gasteiger partial charge on any atom is 0.221 e. The Morgan fingerprint density at radius 2 is 2.00 bits per heavy atom. The summed E-state index contributed by atoms with van der Waals surface area (Å²) in [4.78, 5) is 22.0. The molecule has 0 radical (unpaired) electrons. The summed E-state index contributed by atoms with van der Waals surface area (Å²) in [6, 6.07) is 4.96. The predicted molar refractivity (Wildman–Crippen MR) is 78.7 cm³/mol. The normalized spacial score (nSPS) is 10.2. The second kappa shape index (κ2) is 8.68. The molecule has 4 nitrogen and oxygen atoms in total. The van der Waals surface area contributed by atoms with Gasteiger partial charge in [-0.3, -0.25) is 9.59 Å². The van der Waals surface area contributed by atoms with Crippen LogP contribution in [0.1, 0.15) is 25.3 Å². The summed E-state index contributed by atoms with van der Waals surface area (Å²) in [5.74, 6) is -0.505. The highest BCUT2D eigenvalue weighted by atomic mass is 79.9. The second-order valence-corrected chi connectivity index (χ2v) is 5.34. The molecule has 2 N–H and O–H groups in total. The van der Waals surface area contributed by atoms with Crippen molar-refractivity contribution < 1.29 is 14.0 Å². The average molecular weight is 345 g/mol. The molecular formula is C14H18BrFN2O2. The molecule has 0 aliphatic carbocycles. The molecule has 0 saturated carbocycles. The molecule has 0 bridgehead atoms. The molecule has 0 unspecified atom stereocenters. The highest BCUT2D eigenvalue weighted by Crippen LogP contribution is 2.16. The number of hydrogen-bond acceptors (Lipinski definition) is 2. The smallest absolute Gasteiger partial charge is 0.221 e. The molecule has 1 rings (SSSR count). The van der Waals surface area contributed by atoms with Crippen LogP contribution in [0.25, 0.3) is 0 Å². The third-order valence-electron chi connectivity index (χ3n) is 2.69. The maximum absolute atomic E-state index is 13.5. The first kappa shape index (κ1) is 16.6. The highest BCUT2D eigenvalue weighted by Gasteiger charge is 2.04. The van der Waals surface area contributed by atoms with E-state index in [4.69, 9.17) is 0 Å². The third-order valence-corrected chi connectivity index (χ3v) is 3.18. The van der Waals surface area contributed by atoms with E-state index in [1.807, 2.05) is 0 Å². The fraction of sp³-hybridized carbons (Fsp3) is 0.429. The van der Waals surface area contributed by atoms with Crippen LogP contribution in [0.5, 0.6) is 0 Å². The van der Waals surface area contributed by atoms with Gasteiger partial charge in [0.2, 0.25) is 11.8 Å². The van der Waals surface area contributed by atoms with E-state index in [1.54, 1.807) is 12.1 Å². The number of aryl methyl sites for hydroxylation is 1.